The molecule has 1 amide bonds. The maximum atomic E-state index is 12.3. The number of amides is 1. The Kier molecular flexibility index (Phi) is 5.64. The van der Waals surface area contributed by atoms with E-state index in [-0.39, 0.29) is 11.9 Å². The number of carbonyl (C=O) groups excluding carboxylic acids is 1. The van der Waals surface area contributed by atoms with Crippen molar-refractivity contribution in [3.8, 4) is 0 Å². The molecule has 0 aromatic rings. The fourth-order valence-corrected chi connectivity index (χ4v) is 3.83. The molecule has 0 spiro atoms. The second kappa shape index (κ2) is 7.25. The number of nitrogens with two attached hydrogens (primary N) is 1. The van der Waals surface area contributed by atoms with Gasteiger partial charge >= 0.3 is 0 Å². The first-order valence-corrected chi connectivity index (χ1v) is 8.01. The van der Waals surface area contributed by atoms with Crippen molar-refractivity contribution in [3.63, 3.8) is 0 Å². The van der Waals surface area contributed by atoms with Gasteiger partial charge in [-0.15, -0.1) is 0 Å². The van der Waals surface area contributed by atoms with E-state index in [1.165, 1.54) is 25.7 Å². The van der Waals surface area contributed by atoms with Crippen molar-refractivity contribution in [1.82, 2.24) is 10.2 Å². The van der Waals surface area contributed by atoms with Crippen LogP contribution in [0.4, 0.5) is 0 Å². The molecule has 1 saturated heterocycles. The highest BCUT2D eigenvalue weighted by Gasteiger charge is 2.35. The first kappa shape index (κ1) is 14.8. The van der Waals surface area contributed by atoms with Gasteiger partial charge in [0.25, 0.3) is 0 Å². The lowest BCUT2D eigenvalue weighted by atomic mass is 9.82. The van der Waals surface area contributed by atoms with Gasteiger partial charge in [-0.05, 0) is 51.1 Å². The number of hydrogen-bond acceptors (Lipinski definition) is 3. The van der Waals surface area contributed by atoms with Crippen LogP contribution in [0.3, 0.4) is 0 Å². The fourth-order valence-electron chi connectivity index (χ4n) is 3.83. The molecule has 1 aliphatic carbocycles. The van der Waals surface area contributed by atoms with Crippen molar-refractivity contribution in [3.05, 3.63) is 0 Å². The maximum Gasteiger partial charge on any atom is 0.237 e. The summed E-state index contributed by atoms with van der Waals surface area (Å²) >= 11 is 0. The zero-order valence-corrected chi connectivity index (χ0v) is 12.2. The van der Waals surface area contributed by atoms with E-state index >= 15 is 0 Å². The Morgan fingerprint density at radius 2 is 1.95 bits per heavy atom. The highest BCUT2D eigenvalue weighted by Crippen LogP contribution is 2.30. The molecule has 3 atom stereocenters. The molecule has 1 aliphatic heterocycles. The number of carbonyl (C=O) groups is 1. The number of rotatable bonds is 4. The Morgan fingerprint density at radius 1 is 1.21 bits per heavy atom. The lowest BCUT2D eigenvalue weighted by Crippen LogP contribution is -2.54. The van der Waals surface area contributed by atoms with Crippen LogP contribution < -0.4 is 11.1 Å². The van der Waals surface area contributed by atoms with Crippen LogP contribution in [0.5, 0.6) is 0 Å². The van der Waals surface area contributed by atoms with E-state index in [0.29, 0.717) is 12.0 Å². The lowest BCUT2D eigenvalue weighted by Gasteiger charge is -2.42. The van der Waals surface area contributed by atoms with Crippen LogP contribution in [0.1, 0.15) is 51.9 Å². The summed E-state index contributed by atoms with van der Waals surface area (Å²) in [6.07, 6.45) is 8.29. The highest BCUT2D eigenvalue weighted by atomic mass is 16.2. The molecule has 2 rings (SSSR count). The SMILES string of the molecule is CCN(C1CCCCNC1=O)C1CCCCC1CN. The van der Waals surface area contributed by atoms with E-state index in [4.69, 9.17) is 5.73 Å². The van der Waals surface area contributed by atoms with Gasteiger partial charge < -0.3 is 11.1 Å². The predicted molar refractivity (Wildman–Crippen MR) is 77.8 cm³/mol. The van der Waals surface area contributed by atoms with Crippen molar-refractivity contribution in [2.24, 2.45) is 11.7 Å². The molecule has 19 heavy (non-hydrogen) atoms. The normalized spacial score (nSPS) is 33.0. The van der Waals surface area contributed by atoms with Gasteiger partial charge in [-0.1, -0.05) is 19.8 Å². The van der Waals surface area contributed by atoms with Crippen LogP contribution in [0.25, 0.3) is 0 Å². The molecule has 1 heterocycles. The second-order valence-corrected chi connectivity index (χ2v) is 5.98. The molecule has 1 saturated carbocycles. The van der Waals surface area contributed by atoms with Gasteiger partial charge in [-0.2, -0.15) is 0 Å². The van der Waals surface area contributed by atoms with Gasteiger partial charge in [-0.3, -0.25) is 9.69 Å². The van der Waals surface area contributed by atoms with Crippen molar-refractivity contribution in [2.75, 3.05) is 19.6 Å². The average Bonchev–Trinajstić information content (AvgIpc) is 2.66. The molecular weight excluding hydrogens is 238 g/mol. The van der Waals surface area contributed by atoms with E-state index in [1.54, 1.807) is 0 Å². The summed E-state index contributed by atoms with van der Waals surface area (Å²) in [6.45, 7) is 4.74. The summed E-state index contributed by atoms with van der Waals surface area (Å²) in [5, 5.41) is 3.07. The molecule has 0 radical (unpaired) electrons. The third kappa shape index (κ3) is 3.48. The van der Waals surface area contributed by atoms with Crippen LogP contribution in [-0.2, 0) is 4.79 Å². The van der Waals surface area contributed by atoms with Gasteiger partial charge in [0.15, 0.2) is 0 Å². The van der Waals surface area contributed by atoms with Gasteiger partial charge in [0.2, 0.25) is 5.91 Å². The van der Waals surface area contributed by atoms with Gasteiger partial charge in [0.05, 0.1) is 6.04 Å². The molecule has 2 fully saturated rings. The van der Waals surface area contributed by atoms with Crippen molar-refractivity contribution in [1.29, 1.82) is 0 Å². The lowest BCUT2D eigenvalue weighted by molar-refractivity contribution is -0.127. The zero-order valence-electron chi connectivity index (χ0n) is 12.2. The average molecular weight is 267 g/mol. The Morgan fingerprint density at radius 3 is 2.68 bits per heavy atom. The number of likely N-dealkylation sites (N-methyl/N-ethyl adjacent to an activating group) is 1. The summed E-state index contributed by atoms with van der Waals surface area (Å²) < 4.78 is 0. The molecular formula is C15H29N3O. The van der Waals surface area contributed by atoms with Crippen LogP contribution in [0.2, 0.25) is 0 Å². The minimum Gasteiger partial charge on any atom is -0.355 e. The number of nitrogens with one attached hydrogen (secondary N) is 1. The van der Waals surface area contributed by atoms with Crippen LogP contribution >= 0.6 is 0 Å². The van der Waals surface area contributed by atoms with E-state index in [2.05, 4.69) is 17.1 Å². The van der Waals surface area contributed by atoms with Crippen molar-refractivity contribution in [2.45, 2.75) is 64.0 Å². The molecule has 2 aliphatic rings. The van der Waals surface area contributed by atoms with Crippen LogP contribution in [0, 0.1) is 5.92 Å². The monoisotopic (exact) mass is 267 g/mol. The van der Waals surface area contributed by atoms with Crippen molar-refractivity contribution >= 4 is 5.91 Å². The summed E-state index contributed by atoms with van der Waals surface area (Å²) in [7, 11) is 0. The topological polar surface area (TPSA) is 58.4 Å². The minimum absolute atomic E-state index is 0.0737. The fraction of sp³-hybridized carbons (Fsp3) is 0.933. The summed E-state index contributed by atoms with van der Waals surface area (Å²) in [4.78, 5) is 14.7. The second-order valence-electron chi connectivity index (χ2n) is 5.98. The summed E-state index contributed by atoms with van der Waals surface area (Å²) in [6, 6.07) is 0.585. The summed E-state index contributed by atoms with van der Waals surface area (Å²) in [5.41, 5.74) is 5.95. The number of hydrogen-bond donors (Lipinski definition) is 2. The van der Waals surface area contributed by atoms with E-state index in [0.717, 1.165) is 38.9 Å². The highest BCUT2D eigenvalue weighted by molar-refractivity contribution is 5.82. The molecule has 3 unspecified atom stereocenters. The molecule has 0 aromatic carbocycles. The van der Waals surface area contributed by atoms with Gasteiger partial charge in [-0.25, -0.2) is 0 Å². The molecule has 4 heteroatoms. The van der Waals surface area contributed by atoms with Crippen LogP contribution in [0.15, 0.2) is 0 Å². The standard InChI is InChI=1S/C15H29N3O/c1-2-18(13-8-4-3-7-12(13)11-16)14-9-5-6-10-17-15(14)19/h12-14H,2-11,16H2,1H3,(H,17,19). The Balaban J connectivity index is 2.10. The Bertz CT molecular complexity index is 295. The zero-order chi connectivity index (χ0) is 13.7. The minimum atomic E-state index is 0.0737. The van der Waals surface area contributed by atoms with Crippen molar-refractivity contribution < 1.29 is 4.79 Å². The maximum absolute atomic E-state index is 12.3. The first-order valence-electron chi connectivity index (χ1n) is 8.01. The van der Waals surface area contributed by atoms with Gasteiger partial charge in [0.1, 0.15) is 0 Å². The Hall–Kier alpha value is -0.610. The first-order chi connectivity index (χ1) is 9.27. The third-order valence-corrected chi connectivity index (χ3v) is 4.87. The van der Waals surface area contributed by atoms with E-state index in [9.17, 15) is 4.79 Å². The summed E-state index contributed by atoms with van der Waals surface area (Å²) in [5.74, 6) is 0.811. The van der Waals surface area contributed by atoms with Crippen LogP contribution in [-0.4, -0.2) is 42.5 Å². The molecule has 110 valence electrons. The predicted octanol–water partition coefficient (Wildman–Crippen LogP) is 1.49. The van der Waals surface area contributed by atoms with E-state index < -0.39 is 0 Å². The molecule has 0 aromatic heterocycles. The number of nitrogens with zero attached hydrogens (tertiary/aromatic N) is 1. The van der Waals surface area contributed by atoms with E-state index in [1.807, 2.05) is 0 Å². The van der Waals surface area contributed by atoms with Gasteiger partial charge in [0, 0.05) is 12.6 Å². The molecule has 4 nitrogen and oxygen atoms in total. The quantitative estimate of drug-likeness (QED) is 0.811. The largest absolute Gasteiger partial charge is 0.355 e. The third-order valence-electron chi connectivity index (χ3n) is 4.87. The smallest absolute Gasteiger partial charge is 0.237 e. The molecule has 0 bridgehead atoms. The Labute approximate surface area is 117 Å². The molecule has 3 N–H and O–H groups in total.